The fourth-order valence-corrected chi connectivity index (χ4v) is 12.6. The largest absolute Gasteiger partial charge is 0.455 e. The molecule has 0 saturated carbocycles. The third-order valence-electron chi connectivity index (χ3n) is 16.6. The summed E-state index contributed by atoms with van der Waals surface area (Å²) in [4.78, 5) is 2.35. The van der Waals surface area contributed by atoms with Crippen molar-refractivity contribution < 1.29 is 4.42 Å². The van der Waals surface area contributed by atoms with Crippen molar-refractivity contribution in [1.82, 2.24) is 4.57 Å². The van der Waals surface area contributed by atoms with E-state index in [4.69, 9.17) is 4.42 Å². The van der Waals surface area contributed by atoms with Gasteiger partial charge in [-0.1, -0.05) is 224 Å². The van der Waals surface area contributed by atoms with Crippen LogP contribution < -0.4 is 4.90 Å². The van der Waals surface area contributed by atoms with Crippen molar-refractivity contribution >= 4 is 93.1 Å². The molecule has 0 spiro atoms. The van der Waals surface area contributed by atoms with Gasteiger partial charge >= 0.3 is 0 Å². The predicted octanol–water partition coefficient (Wildman–Crippen LogP) is 21.9. The van der Waals surface area contributed by atoms with Crippen LogP contribution in [0.25, 0.3) is 137 Å². The minimum absolute atomic E-state index is 0.899. The molecule has 16 rings (SSSR count). The molecule has 0 N–H and O–H groups in total. The van der Waals surface area contributed by atoms with Gasteiger partial charge in [-0.15, -0.1) is 0 Å². The summed E-state index contributed by atoms with van der Waals surface area (Å²) in [6.45, 7) is 0. The molecule has 16 aromatic rings. The third-order valence-corrected chi connectivity index (χ3v) is 16.6. The van der Waals surface area contributed by atoms with E-state index in [-0.39, 0.29) is 0 Å². The molecule has 14 aromatic carbocycles. The maximum atomic E-state index is 6.48. The van der Waals surface area contributed by atoms with Gasteiger partial charge in [0.05, 0.1) is 11.0 Å². The second-order valence-corrected chi connectivity index (χ2v) is 21.2. The molecule has 81 heavy (non-hydrogen) atoms. The lowest BCUT2D eigenvalue weighted by Gasteiger charge is -2.26. The van der Waals surface area contributed by atoms with Crippen LogP contribution in [-0.2, 0) is 0 Å². The maximum absolute atomic E-state index is 6.48. The number of benzene rings is 14. The lowest BCUT2D eigenvalue weighted by atomic mass is 9.94. The molecule has 378 valence electrons. The minimum atomic E-state index is 0.899. The first-order valence-corrected chi connectivity index (χ1v) is 27.8. The zero-order valence-electron chi connectivity index (χ0n) is 44.2. The summed E-state index contributed by atoms with van der Waals surface area (Å²) in [5.74, 6) is 0. The maximum Gasteiger partial charge on any atom is 0.143 e. The Balaban J connectivity index is 0.812. The van der Waals surface area contributed by atoms with Gasteiger partial charge in [0.2, 0.25) is 0 Å². The zero-order chi connectivity index (χ0) is 53.4. The molecule has 0 aliphatic carbocycles. The highest BCUT2D eigenvalue weighted by Crippen LogP contribution is 2.43. The lowest BCUT2D eigenvalue weighted by molar-refractivity contribution is 0.670. The molecule has 0 aliphatic rings. The number of hydrogen-bond acceptors (Lipinski definition) is 2. The van der Waals surface area contributed by atoms with Crippen molar-refractivity contribution in [3.63, 3.8) is 0 Å². The fraction of sp³-hybridized carbons (Fsp3) is 0. The Morgan fingerprint density at radius 2 is 0.617 bits per heavy atom. The van der Waals surface area contributed by atoms with Crippen LogP contribution >= 0.6 is 0 Å². The summed E-state index contributed by atoms with van der Waals surface area (Å²) in [6.07, 6.45) is 0. The summed E-state index contributed by atoms with van der Waals surface area (Å²) in [5.41, 5.74) is 20.1. The quantitative estimate of drug-likeness (QED) is 0.134. The van der Waals surface area contributed by atoms with Gasteiger partial charge < -0.3 is 13.9 Å². The molecule has 0 fully saturated rings. The Labute approximate surface area is 469 Å². The van der Waals surface area contributed by atoms with Gasteiger partial charge in [-0.2, -0.15) is 0 Å². The van der Waals surface area contributed by atoms with Crippen LogP contribution in [0.2, 0.25) is 0 Å². The molecule has 0 bridgehead atoms. The highest BCUT2D eigenvalue weighted by molar-refractivity contribution is 6.26. The Hall–Kier alpha value is -10.7. The molecule has 3 heteroatoms. The van der Waals surface area contributed by atoms with Gasteiger partial charge in [-0.05, 0) is 161 Å². The number of fused-ring (bicyclic) bond motifs is 12. The van der Waals surface area contributed by atoms with Crippen LogP contribution in [0.1, 0.15) is 0 Å². The molecule has 2 heterocycles. The van der Waals surface area contributed by atoms with Gasteiger partial charge in [0, 0.05) is 49.9 Å². The minimum Gasteiger partial charge on any atom is -0.455 e. The number of para-hydroxylation sites is 2. The number of hydrogen-bond donors (Lipinski definition) is 0. The summed E-state index contributed by atoms with van der Waals surface area (Å²) in [6, 6.07) is 110. The van der Waals surface area contributed by atoms with Crippen molar-refractivity contribution in [3.05, 3.63) is 303 Å². The Morgan fingerprint density at radius 1 is 0.235 bits per heavy atom. The van der Waals surface area contributed by atoms with Gasteiger partial charge in [-0.25, -0.2) is 0 Å². The van der Waals surface area contributed by atoms with Crippen molar-refractivity contribution in [2.24, 2.45) is 0 Å². The second kappa shape index (κ2) is 19.0. The molecule has 0 radical (unpaired) electrons. The number of nitrogens with zero attached hydrogens (tertiary/aromatic N) is 2. The van der Waals surface area contributed by atoms with E-state index < -0.39 is 0 Å². The summed E-state index contributed by atoms with van der Waals surface area (Å²) >= 11 is 0. The Kier molecular flexibility index (Phi) is 10.9. The normalized spacial score (nSPS) is 11.7. The molecule has 3 nitrogen and oxygen atoms in total. The smallest absolute Gasteiger partial charge is 0.143 e. The van der Waals surface area contributed by atoms with Crippen molar-refractivity contribution in [1.29, 1.82) is 0 Å². The van der Waals surface area contributed by atoms with Gasteiger partial charge in [0.1, 0.15) is 11.2 Å². The standard InChI is InChI=1S/C78H50N2O/c1-3-14-51(15-4-1)53-26-28-55(29-27-53)58-36-46-75-73(48-58)74-49-59(37-47-76(74)80(75)63-44-45-69-67-20-8-7-18-65(67)66-19-9-10-21-68(66)72(69)50-63)56-32-40-61(41-33-56)79(60-38-30-54(31-39-60)52-16-5-2-6-17-52)62-42-34-57(35-43-62)64-23-13-24-71-70-22-11-12-25-77(70)81-78(64)71/h1-50H. The SMILES string of the molecule is c1ccc(-c2ccc(-c3ccc4c(c3)c3cc(-c5ccc(N(c6ccc(-c7ccccc7)cc6)c6ccc(-c7cccc8c7oc7ccccc78)cc6)cc5)ccc3n4-c3ccc4c5ccccc5c5ccccc5c4c3)cc2)cc1. The average molecular weight is 1030 g/mol. The molecule has 0 aliphatic heterocycles. The summed E-state index contributed by atoms with van der Waals surface area (Å²) in [7, 11) is 0. The molecule has 0 unspecified atom stereocenters. The Morgan fingerprint density at radius 3 is 1.14 bits per heavy atom. The number of anilines is 3. The van der Waals surface area contributed by atoms with E-state index in [1.165, 1.54) is 82.0 Å². The van der Waals surface area contributed by atoms with Gasteiger partial charge in [-0.3, -0.25) is 0 Å². The first-order chi connectivity index (χ1) is 40.1. The molecule has 0 saturated heterocycles. The molecule has 2 aromatic heterocycles. The van der Waals surface area contributed by atoms with E-state index in [0.29, 0.717) is 0 Å². The number of furan rings is 1. The molecular weight excluding hydrogens is 981 g/mol. The van der Waals surface area contributed by atoms with E-state index in [2.05, 4.69) is 301 Å². The average Bonchev–Trinajstić information content (AvgIpc) is 4.28. The third kappa shape index (κ3) is 7.89. The van der Waals surface area contributed by atoms with E-state index in [1.54, 1.807) is 0 Å². The zero-order valence-corrected chi connectivity index (χ0v) is 44.2. The van der Waals surface area contributed by atoms with E-state index in [1.807, 2.05) is 12.1 Å². The van der Waals surface area contributed by atoms with E-state index in [9.17, 15) is 0 Å². The molecule has 0 atom stereocenters. The van der Waals surface area contributed by atoms with Crippen LogP contribution in [-0.4, -0.2) is 4.57 Å². The van der Waals surface area contributed by atoms with Crippen molar-refractivity contribution in [2.75, 3.05) is 4.90 Å². The first-order valence-electron chi connectivity index (χ1n) is 27.8. The van der Waals surface area contributed by atoms with Crippen molar-refractivity contribution in [3.8, 4) is 61.3 Å². The second-order valence-electron chi connectivity index (χ2n) is 21.2. The lowest BCUT2D eigenvalue weighted by Crippen LogP contribution is -2.09. The van der Waals surface area contributed by atoms with Crippen LogP contribution in [0, 0.1) is 0 Å². The number of rotatable bonds is 9. The monoisotopic (exact) mass is 1030 g/mol. The predicted molar refractivity (Wildman–Crippen MR) is 342 cm³/mol. The topological polar surface area (TPSA) is 21.3 Å². The highest BCUT2D eigenvalue weighted by atomic mass is 16.3. The summed E-state index contributed by atoms with van der Waals surface area (Å²) in [5, 5.41) is 12.3. The van der Waals surface area contributed by atoms with Crippen LogP contribution in [0.5, 0.6) is 0 Å². The van der Waals surface area contributed by atoms with Crippen molar-refractivity contribution in [2.45, 2.75) is 0 Å². The van der Waals surface area contributed by atoms with Crippen LogP contribution in [0.3, 0.4) is 0 Å². The Bertz CT molecular complexity index is 5020. The number of aromatic nitrogens is 1. The van der Waals surface area contributed by atoms with Gasteiger partial charge in [0.15, 0.2) is 0 Å². The first kappa shape index (κ1) is 46.4. The van der Waals surface area contributed by atoms with Crippen LogP contribution in [0.4, 0.5) is 17.1 Å². The highest BCUT2D eigenvalue weighted by Gasteiger charge is 2.20. The molecular formula is C78H50N2O. The fourth-order valence-electron chi connectivity index (χ4n) is 12.6. The summed E-state index contributed by atoms with van der Waals surface area (Å²) < 4.78 is 8.95. The van der Waals surface area contributed by atoms with E-state index in [0.717, 1.165) is 72.5 Å². The van der Waals surface area contributed by atoms with Gasteiger partial charge in [0.25, 0.3) is 0 Å². The van der Waals surface area contributed by atoms with Crippen LogP contribution in [0.15, 0.2) is 308 Å². The van der Waals surface area contributed by atoms with E-state index >= 15 is 0 Å². The molecule has 0 amide bonds.